The molecule has 3 N–H and O–H groups in total. The summed E-state index contributed by atoms with van der Waals surface area (Å²) in [4.78, 5) is 29.8. The van der Waals surface area contributed by atoms with Crippen molar-refractivity contribution in [3.05, 3.63) is 70.3 Å². The quantitative estimate of drug-likeness (QED) is 0.310. The molecule has 36 heavy (non-hydrogen) atoms. The van der Waals surface area contributed by atoms with E-state index in [9.17, 15) is 9.59 Å². The fraction of sp³-hybridized carbons (Fsp3) is 0.370. The fourth-order valence-corrected chi connectivity index (χ4v) is 5.71. The molecule has 0 unspecified atom stereocenters. The highest BCUT2D eigenvalue weighted by Gasteiger charge is 2.26. The Morgan fingerprint density at radius 3 is 2.56 bits per heavy atom. The van der Waals surface area contributed by atoms with E-state index in [-0.39, 0.29) is 24.3 Å². The molecule has 1 fully saturated rings. The van der Waals surface area contributed by atoms with Crippen LogP contribution in [0.4, 0.5) is 15.3 Å². The number of urea groups is 1. The van der Waals surface area contributed by atoms with Gasteiger partial charge < -0.3 is 20.7 Å². The van der Waals surface area contributed by atoms with Gasteiger partial charge in [0.25, 0.3) is 0 Å². The molecule has 1 aromatic heterocycles. The Morgan fingerprint density at radius 2 is 1.86 bits per heavy atom. The van der Waals surface area contributed by atoms with Gasteiger partial charge in [-0.2, -0.15) is 0 Å². The largest absolute Gasteiger partial charge is 0.447 e. The predicted molar refractivity (Wildman–Crippen MR) is 145 cm³/mol. The van der Waals surface area contributed by atoms with Crippen LogP contribution in [-0.4, -0.2) is 29.3 Å². The second-order valence-electron chi connectivity index (χ2n) is 9.20. The van der Waals surface area contributed by atoms with Gasteiger partial charge in [-0.1, -0.05) is 41.9 Å². The molecule has 9 heteroatoms. The molecule has 0 aliphatic heterocycles. The van der Waals surface area contributed by atoms with Crippen molar-refractivity contribution in [1.82, 2.24) is 15.6 Å². The summed E-state index contributed by atoms with van der Waals surface area (Å²) < 4.78 is 5.19. The average molecular weight is 527 g/mol. The number of halogens is 1. The predicted octanol–water partition coefficient (Wildman–Crippen LogP) is 6.95. The van der Waals surface area contributed by atoms with Crippen molar-refractivity contribution in [2.45, 2.75) is 64.1 Å². The van der Waals surface area contributed by atoms with Gasteiger partial charge in [-0.25, -0.2) is 14.6 Å². The standard InChI is InChI=1S/C27H31ClN4O3S/c1-17(2)35-27(34)32-20-10-8-19(9-11-20)25-29-16-24(36-25)22-13-12-21(14-23(22)28)31-26(33)30-15-18-6-4-3-5-7-18/h3-7,12-14,16-17,19-20H,8-11,15H2,1-2H3,(H,32,34)(H2,30,31,33)/t19-,20-. The monoisotopic (exact) mass is 526 g/mol. The van der Waals surface area contributed by atoms with Crippen LogP contribution in [0.1, 0.15) is 56.0 Å². The van der Waals surface area contributed by atoms with Crippen molar-refractivity contribution < 1.29 is 14.3 Å². The number of aromatic nitrogens is 1. The Bertz CT molecular complexity index is 1180. The molecular formula is C27H31ClN4O3S. The highest BCUT2D eigenvalue weighted by Crippen LogP contribution is 2.40. The Balaban J connectivity index is 1.30. The normalized spacial score (nSPS) is 17.4. The van der Waals surface area contributed by atoms with Crippen molar-refractivity contribution in [3.8, 4) is 10.4 Å². The van der Waals surface area contributed by atoms with Crippen molar-refractivity contribution in [1.29, 1.82) is 0 Å². The van der Waals surface area contributed by atoms with Gasteiger partial charge in [0.05, 0.1) is 21.0 Å². The summed E-state index contributed by atoms with van der Waals surface area (Å²) in [7, 11) is 0. The highest BCUT2D eigenvalue weighted by molar-refractivity contribution is 7.15. The molecule has 0 bridgehead atoms. The Labute approximate surface area is 220 Å². The number of ether oxygens (including phenoxy) is 1. The first-order chi connectivity index (χ1) is 17.4. The SMILES string of the molecule is CC(C)OC(=O)N[C@H]1CC[C@H](c2ncc(-c3ccc(NC(=O)NCc4ccccc4)cc3Cl)s2)CC1. The summed E-state index contributed by atoms with van der Waals surface area (Å²) in [6, 6.07) is 15.1. The summed E-state index contributed by atoms with van der Waals surface area (Å²) in [6.07, 6.45) is 5.14. The van der Waals surface area contributed by atoms with Gasteiger partial charge in [0.15, 0.2) is 0 Å². The maximum Gasteiger partial charge on any atom is 0.407 e. The molecule has 0 radical (unpaired) electrons. The first-order valence-corrected chi connectivity index (χ1v) is 13.4. The third-order valence-corrected chi connectivity index (χ3v) is 7.56. The summed E-state index contributed by atoms with van der Waals surface area (Å²) >= 11 is 8.22. The van der Waals surface area contributed by atoms with E-state index in [4.69, 9.17) is 16.3 Å². The van der Waals surface area contributed by atoms with Gasteiger partial charge in [-0.3, -0.25) is 0 Å². The molecule has 1 saturated carbocycles. The number of anilines is 1. The Morgan fingerprint density at radius 1 is 1.11 bits per heavy atom. The number of benzene rings is 2. The van der Waals surface area contributed by atoms with Gasteiger partial charge in [-0.05, 0) is 63.3 Å². The molecule has 0 atom stereocenters. The number of hydrogen-bond donors (Lipinski definition) is 3. The summed E-state index contributed by atoms with van der Waals surface area (Å²) in [5, 5.41) is 10.3. The molecule has 1 heterocycles. The maximum absolute atomic E-state index is 12.3. The zero-order valence-electron chi connectivity index (χ0n) is 20.4. The van der Waals surface area contributed by atoms with Crippen molar-refractivity contribution in [2.75, 3.05) is 5.32 Å². The lowest BCUT2D eigenvalue weighted by atomic mass is 9.86. The van der Waals surface area contributed by atoms with Crippen molar-refractivity contribution >= 4 is 40.7 Å². The first-order valence-electron chi connectivity index (χ1n) is 12.2. The molecule has 4 rings (SSSR count). The average Bonchev–Trinajstić information content (AvgIpc) is 3.33. The zero-order valence-corrected chi connectivity index (χ0v) is 22.0. The first kappa shape index (κ1) is 26.0. The van der Waals surface area contributed by atoms with Gasteiger partial charge >= 0.3 is 12.1 Å². The van der Waals surface area contributed by atoms with E-state index in [2.05, 4.69) is 20.9 Å². The Kier molecular flexibility index (Phi) is 8.83. The number of carbonyl (C=O) groups excluding carboxylic acids is 2. The van der Waals surface area contributed by atoms with Crippen molar-refractivity contribution in [2.24, 2.45) is 0 Å². The van der Waals surface area contributed by atoms with Crippen LogP contribution in [0.3, 0.4) is 0 Å². The van der Waals surface area contributed by atoms with Crippen LogP contribution in [0, 0.1) is 0 Å². The van der Waals surface area contributed by atoms with Gasteiger partial charge in [0, 0.05) is 36.0 Å². The summed E-state index contributed by atoms with van der Waals surface area (Å²) in [5.41, 5.74) is 2.55. The smallest absolute Gasteiger partial charge is 0.407 e. The van der Waals surface area contributed by atoms with Crippen LogP contribution in [-0.2, 0) is 11.3 Å². The molecule has 2 aromatic carbocycles. The van der Waals surface area contributed by atoms with E-state index in [0.717, 1.165) is 46.7 Å². The molecule has 0 saturated heterocycles. The molecule has 7 nitrogen and oxygen atoms in total. The lowest BCUT2D eigenvalue weighted by Gasteiger charge is -2.28. The lowest BCUT2D eigenvalue weighted by Crippen LogP contribution is -2.38. The fourth-order valence-electron chi connectivity index (χ4n) is 4.25. The van der Waals surface area contributed by atoms with Gasteiger partial charge in [0.1, 0.15) is 0 Å². The Hall–Kier alpha value is -3.10. The van der Waals surface area contributed by atoms with Gasteiger partial charge in [0.2, 0.25) is 0 Å². The van der Waals surface area contributed by atoms with Crippen LogP contribution in [0.15, 0.2) is 54.7 Å². The number of amides is 3. The van der Waals surface area contributed by atoms with E-state index in [1.54, 1.807) is 17.4 Å². The lowest BCUT2D eigenvalue weighted by molar-refractivity contribution is 0.109. The van der Waals surface area contributed by atoms with E-state index in [1.165, 1.54) is 0 Å². The van der Waals surface area contributed by atoms with E-state index < -0.39 is 0 Å². The van der Waals surface area contributed by atoms with Crippen LogP contribution in [0.5, 0.6) is 0 Å². The second-order valence-corrected chi connectivity index (χ2v) is 10.7. The highest BCUT2D eigenvalue weighted by atomic mass is 35.5. The van der Waals surface area contributed by atoms with Crippen LogP contribution in [0.25, 0.3) is 10.4 Å². The number of nitrogens with zero attached hydrogens (tertiary/aromatic N) is 1. The maximum atomic E-state index is 12.3. The summed E-state index contributed by atoms with van der Waals surface area (Å²) in [5.74, 6) is 0.371. The van der Waals surface area contributed by atoms with E-state index >= 15 is 0 Å². The number of rotatable bonds is 7. The molecule has 190 valence electrons. The third-order valence-electron chi connectivity index (χ3n) is 6.05. The van der Waals surface area contributed by atoms with E-state index in [1.807, 2.05) is 62.5 Å². The number of hydrogen-bond acceptors (Lipinski definition) is 5. The van der Waals surface area contributed by atoms with Crippen molar-refractivity contribution in [3.63, 3.8) is 0 Å². The minimum Gasteiger partial charge on any atom is -0.447 e. The molecule has 3 aromatic rings. The van der Waals surface area contributed by atoms with Crippen LogP contribution >= 0.6 is 22.9 Å². The summed E-state index contributed by atoms with van der Waals surface area (Å²) in [6.45, 7) is 4.13. The molecule has 3 amide bonds. The zero-order chi connectivity index (χ0) is 25.5. The van der Waals surface area contributed by atoms with E-state index in [0.29, 0.717) is 23.2 Å². The topological polar surface area (TPSA) is 92.3 Å². The number of thiazole rings is 1. The minimum atomic E-state index is -0.341. The third kappa shape index (κ3) is 7.21. The molecule has 0 spiro atoms. The molecular weight excluding hydrogens is 496 g/mol. The molecule has 1 aliphatic carbocycles. The minimum absolute atomic E-state index is 0.122. The number of nitrogens with one attached hydrogen (secondary N) is 3. The second kappa shape index (κ2) is 12.2. The number of alkyl carbamates (subject to hydrolysis) is 1. The van der Waals surface area contributed by atoms with Gasteiger partial charge in [-0.15, -0.1) is 11.3 Å². The number of carbonyl (C=O) groups is 2. The van der Waals surface area contributed by atoms with Crippen LogP contribution < -0.4 is 16.0 Å². The molecule has 1 aliphatic rings. The van der Waals surface area contributed by atoms with Crippen LogP contribution in [0.2, 0.25) is 5.02 Å².